The van der Waals surface area contributed by atoms with Crippen LogP contribution in [0.5, 0.6) is 5.75 Å². The van der Waals surface area contributed by atoms with E-state index in [0.29, 0.717) is 17.9 Å². The van der Waals surface area contributed by atoms with Gasteiger partial charge in [-0.2, -0.15) is 5.10 Å². The molecule has 1 aromatic carbocycles. The maximum Gasteiger partial charge on any atom is 0.274 e. The molecule has 1 aliphatic rings. The quantitative estimate of drug-likeness (QED) is 0.782. The minimum absolute atomic E-state index is 0.0447. The van der Waals surface area contributed by atoms with Crippen molar-refractivity contribution in [3.8, 4) is 5.75 Å². The fraction of sp³-hybridized carbons (Fsp3) is 0.316. The Morgan fingerprint density at radius 1 is 1.31 bits per heavy atom. The van der Waals surface area contributed by atoms with E-state index in [1.807, 2.05) is 29.2 Å². The Bertz CT molecular complexity index is 873. The highest BCUT2D eigenvalue weighted by molar-refractivity contribution is 5.93. The molecule has 7 heteroatoms. The molecule has 4 rings (SSSR count). The van der Waals surface area contributed by atoms with Crippen LogP contribution >= 0.6 is 0 Å². The topological polar surface area (TPSA) is 71.8 Å². The first-order valence-electron chi connectivity index (χ1n) is 8.73. The molecule has 1 unspecified atom stereocenters. The molecule has 1 saturated heterocycles. The Morgan fingerprint density at radius 2 is 2.15 bits per heavy atom. The summed E-state index contributed by atoms with van der Waals surface area (Å²) in [6.45, 7) is 1.41. The zero-order chi connectivity index (χ0) is 17.9. The van der Waals surface area contributed by atoms with Crippen molar-refractivity contribution >= 4 is 17.2 Å². The third kappa shape index (κ3) is 3.33. The summed E-state index contributed by atoms with van der Waals surface area (Å²) in [6.07, 6.45) is 5.48. The highest BCUT2D eigenvalue weighted by Gasteiger charge is 2.26. The fourth-order valence-electron chi connectivity index (χ4n) is 3.30. The summed E-state index contributed by atoms with van der Waals surface area (Å²) >= 11 is 0. The van der Waals surface area contributed by atoms with Crippen molar-refractivity contribution in [2.24, 2.45) is 0 Å². The molecule has 3 aromatic rings. The average molecular weight is 351 g/mol. The number of hydrogen-bond acceptors (Lipinski definition) is 5. The Labute approximate surface area is 151 Å². The van der Waals surface area contributed by atoms with Gasteiger partial charge in [-0.1, -0.05) is 0 Å². The Hall–Kier alpha value is -3.09. The number of benzene rings is 1. The van der Waals surface area contributed by atoms with E-state index in [1.165, 1.54) is 0 Å². The number of ether oxygens (including phenoxy) is 1. The van der Waals surface area contributed by atoms with Gasteiger partial charge >= 0.3 is 0 Å². The third-order valence-corrected chi connectivity index (χ3v) is 4.62. The van der Waals surface area contributed by atoms with Crippen molar-refractivity contribution in [1.82, 2.24) is 19.5 Å². The van der Waals surface area contributed by atoms with Crippen LogP contribution in [0.15, 0.2) is 48.8 Å². The molecule has 0 saturated carbocycles. The second-order valence-electron chi connectivity index (χ2n) is 6.42. The summed E-state index contributed by atoms with van der Waals surface area (Å²) in [6, 6.07) is 11.6. The number of methoxy groups -OCH3 is 1. The number of carbonyl (C=O) groups excluding carboxylic acids is 1. The number of carbonyl (C=O) groups is 1. The van der Waals surface area contributed by atoms with Crippen molar-refractivity contribution in [3.63, 3.8) is 0 Å². The number of amides is 1. The molecule has 3 heterocycles. The molecule has 1 N–H and O–H groups in total. The maximum absolute atomic E-state index is 12.8. The van der Waals surface area contributed by atoms with Crippen LogP contribution in [0.4, 0.5) is 5.69 Å². The number of nitrogens with zero attached hydrogens (tertiary/aromatic N) is 4. The Balaban J connectivity index is 1.44. The van der Waals surface area contributed by atoms with Gasteiger partial charge in [0, 0.05) is 43.3 Å². The zero-order valence-electron chi connectivity index (χ0n) is 14.6. The largest absolute Gasteiger partial charge is 0.497 e. The van der Waals surface area contributed by atoms with E-state index < -0.39 is 0 Å². The number of anilines is 1. The second-order valence-corrected chi connectivity index (χ2v) is 6.42. The molecule has 0 radical (unpaired) electrons. The minimum atomic E-state index is -0.0447. The monoisotopic (exact) mass is 351 g/mol. The number of fused-ring (bicyclic) bond motifs is 1. The van der Waals surface area contributed by atoms with Crippen LogP contribution in [-0.4, -0.2) is 51.6 Å². The molecule has 1 atom stereocenters. The SMILES string of the molecule is COc1ccc(NC2CCCN(C(=O)c3cc4ncccn4n3)C2)cc1. The van der Waals surface area contributed by atoms with Crippen LogP contribution in [0, 0.1) is 0 Å². The first kappa shape index (κ1) is 16.4. The van der Waals surface area contributed by atoms with E-state index in [0.717, 1.165) is 30.8 Å². The van der Waals surface area contributed by atoms with Gasteiger partial charge in [0.25, 0.3) is 5.91 Å². The van der Waals surface area contributed by atoms with Crippen LogP contribution in [-0.2, 0) is 0 Å². The van der Waals surface area contributed by atoms with E-state index in [-0.39, 0.29) is 11.9 Å². The first-order chi connectivity index (χ1) is 12.7. The second kappa shape index (κ2) is 7.03. The lowest BCUT2D eigenvalue weighted by Crippen LogP contribution is -2.45. The molecular formula is C19H21N5O2. The maximum atomic E-state index is 12.8. The smallest absolute Gasteiger partial charge is 0.274 e. The van der Waals surface area contributed by atoms with Gasteiger partial charge in [-0.15, -0.1) is 0 Å². The number of hydrogen-bond donors (Lipinski definition) is 1. The van der Waals surface area contributed by atoms with Crippen molar-refractivity contribution < 1.29 is 9.53 Å². The first-order valence-corrected chi connectivity index (χ1v) is 8.73. The molecule has 7 nitrogen and oxygen atoms in total. The summed E-state index contributed by atoms with van der Waals surface area (Å²) < 4.78 is 6.82. The molecule has 1 aliphatic heterocycles. The standard InChI is InChI=1S/C19H21N5O2/c1-26-16-7-5-14(6-8-16)21-15-4-2-10-23(13-15)19(25)17-12-18-20-9-3-11-24(18)22-17/h3,5-9,11-12,15,21H,2,4,10,13H2,1H3. The number of aromatic nitrogens is 3. The van der Waals surface area contributed by atoms with Crippen LogP contribution in [0.3, 0.4) is 0 Å². The van der Waals surface area contributed by atoms with E-state index in [2.05, 4.69) is 15.4 Å². The number of piperidine rings is 1. The van der Waals surface area contributed by atoms with E-state index in [9.17, 15) is 4.79 Å². The van der Waals surface area contributed by atoms with Gasteiger partial charge in [0.05, 0.1) is 7.11 Å². The van der Waals surface area contributed by atoms with Crippen LogP contribution < -0.4 is 10.1 Å². The van der Waals surface area contributed by atoms with Crippen molar-refractivity contribution in [2.45, 2.75) is 18.9 Å². The molecular weight excluding hydrogens is 330 g/mol. The number of likely N-dealkylation sites (tertiary alicyclic amines) is 1. The molecule has 0 spiro atoms. The van der Waals surface area contributed by atoms with Gasteiger partial charge in [0.2, 0.25) is 0 Å². The van der Waals surface area contributed by atoms with Crippen LogP contribution in [0.1, 0.15) is 23.3 Å². The highest BCUT2D eigenvalue weighted by Crippen LogP contribution is 2.20. The predicted molar refractivity (Wildman–Crippen MR) is 98.5 cm³/mol. The lowest BCUT2D eigenvalue weighted by atomic mass is 10.0. The molecule has 1 amide bonds. The molecule has 2 aromatic heterocycles. The summed E-state index contributed by atoms with van der Waals surface area (Å²) in [4.78, 5) is 18.9. The minimum Gasteiger partial charge on any atom is -0.497 e. The van der Waals surface area contributed by atoms with Crippen molar-refractivity contribution in [3.05, 3.63) is 54.5 Å². The van der Waals surface area contributed by atoms with Crippen LogP contribution in [0.25, 0.3) is 5.65 Å². The van der Waals surface area contributed by atoms with E-state index in [4.69, 9.17) is 4.74 Å². The molecule has 26 heavy (non-hydrogen) atoms. The third-order valence-electron chi connectivity index (χ3n) is 4.62. The van der Waals surface area contributed by atoms with Gasteiger partial charge in [-0.3, -0.25) is 4.79 Å². The van der Waals surface area contributed by atoms with Crippen molar-refractivity contribution in [1.29, 1.82) is 0 Å². The summed E-state index contributed by atoms with van der Waals surface area (Å²) in [5.41, 5.74) is 2.15. The Kier molecular flexibility index (Phi) is 4.43. The lowest BCUT2D eigenvalue weighted by molar-refractivity contribution is 0.0708. The lowest BCUT2D eigenvalue weighted by Gasteiger charge is -2.33. The summed E-state index contributed by atoms with van der Waals surface area (Å²) in [7, 11) is 1.65. The molecule has 0 bridgehead atoms. The van der Waals surface area contributed by atoms with Gasteiger partial charge < -0.3 is 15.0 Å². The molecule has 0 aliphatic carbocycles. The van der Waals surface area contributed by atoms with Gasteiger partial charge in [-0.25, -0.2) is 9.50 Å². The summed E-state index contributed by atoms with van der Waals surface area (Å²) in [5.74, 6) is 0.785. The highest BCUT2D eigenvalue weighted by atomic mass is 16.5. The van der Waals surface area contributed by atoms with Crippen molar-refractivity contribution in [2.75, 3.05) is 25.5 Å². The Morgan fingerprint density at radius 3 is 2.92 bits per heavy atom. The number of nitrogens with one attached hydrogen (secondary N) is 1. The summed E-state index contributed by atoms with van der Waals surface area (Å²) in [5, 5.41) is 7.85. The predicted octanol–water partition coefficient (Wildman–Crippen LogP) is 2.45. The molecule has 1 fully saturated rings. The average Bonchev–Trinajstić information content (AvgIpc) is 3.12. The van der Waals surface area contributed by atoms with Crippen LogP contribution in [0.2, 0.25) is 0 Å². The van der Waals surface area contributed by atoms with E-state index in [1.54, 1.807) is 36.2 Å². The normalized spacial score (nSPS) is 17.3. The number of rotatable bonds is 4. The van der Waals surface area contributed by atoms with Gasteiger partial charge in [0.1, 0.15) is 5.75 Å². The van der Waals surface area contributed by atoms with Gasteiger partial charge in [0.15, 0.2) is 11.3 Å². The molecule has 134 valence electrons. The fourth-order valence-corrected chi connectivity index (χ4v) is 3.30. The van der Waals surface area contributed by atoms with E-state index >= 15 is 0 Å². The van der Waals surface area contributed by atoms with Gasteiger partial charge in [-0.05, 0) is 43.2 Å². The zero-order valence-corrected chi connectivity index (χ0v) is 14.6.